The van der Waals surface area contributed by atoms with Crippen molar-refractivity contribution in [2.45, 2.75) is 51.7 Å². The topological polar surface area (TPSA) is 52.6 Å². The largest absolute Gasteiger partial charge is 0.462 e. The molecule has 0 aromatic heterocycles. The third-order valence-electron chi connectivity index (χ3n) is 5.26. The highest BCUT2D eigenvalue weighted by Crippen LogP contribution is 2.58. The van der Waals surface area contributed by atoms with Gasteiger partial charge in [0.25, 0.3) is 0 Å². The lowest BCUT2D eigenvalue weighted by Crippen LogP contribution is -2.40. The summed E-state index contributed by atoms with van der Waals surface area (Å²) in [5, 5.41) is 0. The lowest BCUT2D eigenvalue weighted by Gasteiger charge is -2.38. The predicted molar refractivity (Wildman–Crippen MR) is 72.7 cm³/mol. The lowest BCUT2D eigenvalue weighted by atomic mass is 9.76. The molecule has 0 aromatic carbocycles. The third-order valence-corrected chi connectivity index (χ3v) is 5.26. The minimum absolute atomic E-state index is 0.00157. The van der Waals surface area contributed by atoms with Gasteiger partial charge in [-0.05, 0) is 51.9 Å². The van der Waals surface area contributed by atoms with Crippen molar-refractivity contribution in [2.24, 2.45) is 23.7 Å². The molecule has 3 aliphatic rings. The molecule has 6 atom stereocenters. The molecule has 1 aliphatic heterocycles. The molecule has 2 saturated carbocycles. The predicted octanol–water partition coefficient (Wildman–Crippen LogP) is 2.47. The van der Waals surface area contributed by atoms with Gasteiger partial charge in [-0.25, -0.2) is 4.79 Å². The zero-order valence-electron chi connectivity index (χ0n) is 12.3. The van der Waals surface area contributed by atoms with Crippen molar-refractivity contribution in [1.29, 1.82) is 0 Å². The third kappa shape index (κ3) is 1.97. The van der Waals surface area contributed by atoms with Crippen LogP contribution in [0.3, 0.4) is 0 Å². The molecule has 0 amide bonds. The minimum atomic E-state index is -0.464. The molecule has 2 bridgehead atoms. The normalized spacial score (nSPS) is 45.8. The molecule has 6 unspecified atom stereocenters. The summed E-state index contributed by atoms with van der Waals surface area (Å²) in [6.45, 7) is 9.28. The van der Waals surface area contributed by atoms with Crippen LogP contribution < -0.4 is 0 Å². The van der Waals surface area contributed by atoms with E-state index < -0.39 is 5.60 Å². The number of hydrogen-bond acceptors (Lipinski definition) is 4. The Morgan fingerprint density at radius 3 is 2.70 bits per heavy atom. The molecule has 1 saturated heterocycles. The van der Waals surface area contributed by atoms with E-state index >= 15 is 0 Å². The molecule has 4 nitrogen and oxygen atoms in total. The van der Waals surface area contributed by atoms with Gasteiger partial charge in [-0.1, -0.05) is 6.58 Å². The Morgan fingerprint density at radius 1 is 1.40 bits per heavy atom. The van der Waals surface area contributed by atoms with E-state index in [0.29, 0.717) is 23.3 Å². The van der Waals surface area contributed by atoms with Crippen LogP contribution in [0.1, 0.15) is 40.0 Å². The zero-order valence-corrected chi connectivity index (χ0v) is 12.3. The highest BCUT2D eigenvalue weighted by atomic mass is 16.6. The monoisotopic (exact) mass is 278 g/mol. The molecule has 0 N–H and O–H groups in total. The van der Waals surface area contributed by atoms with E-state index in [4.69, 9.17) is 9.47 Å². The first-order valence-corrected chi connectivity index (χ1v) is 7.40. The lowest BCUT2D eigenvalue weighted by molar-refractivity contribution is -0.160. The summed E-state index contributed by atoms with van der Waals surface area (Å²) in [6.07, 6.45) is 2.65. The Labute approximate surface area is 119 Å². The Morgan fingerprint density at radius 2 is 2.05 bits per heavy atom. The quantitative estimate of drug-likeness (QED) is 0.575. The van der Waals surface area contributed by atoms with Crippen molar-refractivity contribution in [3.63, 3.8) is 0 Å². The second kappa shape index (κ2) is 4.34. The van der Waals surface area contributed by atoms with Gasteiger partial charge in [0.2, 0.25) is 0 Å². The van der Waals surface area contributed by atoms with Crippen LogP contribution in [0.5, 0.6) is 0 Å². The summed E-state index contributed by atoms with van der Waals surface area (Å²) in [5.41, 5.74) is -0.0364. The number of fused-ring (bicyclic) bond motifs is 5. The second-order valence-electron chi connectivity index (χ2n) is 7.03. The maximum atomic E-state index is 12.0. The number of carbonyl (C=O) groups is 2. The Bertz CT molecular complexity index is 483. The number of cyclic esters (lactones) is 1. The molecule has 3 rings (SSSR count). The van der Waals surface area contributed by atoms with E-state index in [0.717, 1.165) is 19.3 Å². The highest BCUT2D eigenvalue weighted by molar-refractivity contribution is 5.87. The van der Waals surface area contributed by atoms with Gasteiger partial charge in [0.15, 0.2) is 0 Å². The van der Waals surface area contributed by atoms with Crippen molar-refractivity contribution in [3.05, 3.63) is 12.2 Å². The van der Waals surface area contributed by atoms with Crippen LogP contribution in [0.25, 0.3) is 0 Å². The molecular formula is C16H22O4. The van der Waals surface area contributed by atoms with Gasteiger partial charge in [0.1, 0.15) is 11.7 Å². The smallest absolute Gasteiger partial charge is 0.333 e. The molecule has 0 aromatic rings. The summed E-state index contributed by atoms with van der Waals surface area (Å²) in [7, 11) is 0. The van der Waals surface area contributed by atoms with Gasteiger partial charge in [-0.15, -0.1) is 0 Å². The standard InChI is InChI=1S/C16H22O4/c1-8(2)14(17)20-16(4)6-10-5-11(7-16)13-12(10)9(3)19-15(13)18/h9-13H,1,5-7H2,2-4H3. The van der Waals surface area contributed by atoms with Crippen molar-refractivity contribution in [2.75, 3.05) is 0 Å². The van der Waals surface area contributed by atoms with E-state index in [1.165, 1.54) is 0 Å². The number of rotatable bonds is 2. The molecule has 4 heteroatoms. The second-order valence-corrected chi connectivity index (χ2v) is 7.03. The van der Waals surface area contributed by atoms with Crippen molar-refractivity contribution in [3.8, 4) is 0 Å². The average Bonchev–Trinajstić information content (AvgIpc) is 2.76. The molecule has 0 radical (unpaired) electrons. The summed E-state index contributed by atoms with van der Waals surface area (Å²) < 4.78 is 11.1. The van der Waals surface area contributed by atoms with Gasteiger partial charge in [0, 0.05) is 11.5 Å². The fourth-order valence-corrected chi connectivity index (χ4v) is 4.68. The summed E-state index contributed by atoms with van der Waals surface area (Å²) in [5.74, 6) is 0.653. The number of esters is 2. The van der Waals surface area contributed by atoms with Gasteiger partial charge in [-0.3, -0.25) is 4.79 Å². The van der Waals surface area contributed by atoms with Crippen LogP contribution in [0.15, 0.2) is 12.2 Å². The van der Waals surface area contributed by atoms with E-state index in [9.17, 15) is 9.59 Å². The van der Waals surface area contributed by atoms with Crippen molar-refractivity contribution in [1.82, 2.24) is 0 Å². The van der Waals surface area contributed by atoms with Gasteiger partial charge in [-0.2, -0.15) is 0 Å². The van der Waals surface area contributed by atoms with E-state index in [2.05, 4.69) is 6.58 Å². The molecule has 1 heterocycles. The number of hydrogen-bond donors (Lipinski definition) is 0. The zero-order chi connectivity index (χ0) is 14.7. The maximum absolute atomic E-state index is 12.0. The fraction of sp³-hybridized carbons (Fsp3) is 0.750. The molecule has 110 valence electrons. The van der Waals surface area contributed by atoms with Crippen LogP contribution in [0, 0.1) is 23.7 Å². The van der Waals surface area contributed by atoms with Gasteiger partial charge < -0.3 is 9.47 Å². The average molecular weight is 278 g/mol. The molecular weight excluding hydrogens is 256 g/mol. The minimum Gasteiger partial charge on any atom is -0.462 e. The first-order valence-electron chi connectivity index (χ1n) is 7.40. The van der Waals surface area contributed by atoms with E-state index in [1.807, 2.05) is 13.8 Å². The maximum Gasteiger partial charge on any atom is 0.333 e. The van der Waals surface area contributed by atoms with Gasteiger partial charge in [0.05, 0.1) is 5.92 Å². The molecule has 20 heavy (non-hydrogen) atoms. The number of ether oxygens (including phenoxy) is 2. The van der Waals surface area contributed by atoms with Crippen LogP contribution >= 0.6 is 0 Å². The fourth-order valence-electron chi connectivity index (χ4n) is 4.68. The first kappa shape index (κ1) is 13.7. The SMILES string of the molecule is C=C(C)C(=O)OC1(C)CC2CC(C1)C1C(C)OC(=O)C21. The molecule has 0 spiro atoms. The van der Waals surface area contributed by atoms with Crippen LogP contribution in [-0.2, 0) is 19.1 Å². The van der Waals surface area contributed by atoms with E-state index in [1.54, 1.807) is 6.92 Å². The number of carbonyl (C=O) groups excluding carboxylic acids is 2. The summed E-state index contributed by atoms with van der Waals surface area (Å²) in [4.78, 5) is 23.8. The molecule has 3 fully saturated rings. The van der Waals surface area contributed by atoms with Crippen LogP contribution in [0.4, 0.5) is 0 Å². The van der Waals surface area contributed by atoms with Crippen LogP contribution in [-0.4, -0.2) is 23.6 Å². The Kier molecular flexibility index (Phi) is 2.96. The summed E-state index contributed by atoms with van der Waals surface area (Å²) >= 11 is 0. The Balaban J connectivity index is 1.80. The highest BCUT2D eigenvalue weighted by Gasteiger charge is 2.60. The Hall–Kier alpha value is -1.32. The van der Waals surface area contributed by atoms with Gasteiger partial charge >= 0.3 is 11.9 Å². The van der Waals surface area contributed by atoms with Crippen molar-refractivity contribution < 1.29 is 19.1 Å². The van der Waals surface area contributed by atoms with Crippen LogP contribution in [0.2, 0.25) is 0 Å². The van der Waals surface area contributed by atoms with E-state index in [-0.39, 0.29) is 24.0 Å². The first-order chi connectivity index (χ1) is 9.31. The summed E-state index contributed by atoms with van der Waals surface area (Å²) in [6, 6.07) is 0. The van der Waals surface area contributed by atoms with Crippen molar-refractivity contribution >= 4 is 11.9 Å². The molecule has 2 aliphatic carbocycles.